The Morgan fingerprint density at radius 3 is 2.50 bits per heavy atom. The van der Waals surface area contributed by atoms with Crippen LogP contribution in [0.4, 0.5) is 0 Å². The molecule has 0 aliphatic carbocycles. The minimum Gasteiger partial charge on any atom is -0.323 e. The fraction of sp³-hybridized carbons (Fsp3) is 0.400. The lowest BCUT2D eigenvalue weighted by Crippen LogP contribution is -1.89. The van der Waals surface area contributed by atoms with Crippen molar-refractivity contribution in [1.29, 1.82) is 0 Å². The van der Waals surface area contributed by atoms with Crippen LogP contribution in [0.5, 0.6) is 0 Å². The Labute approximate surface area is 54.0 Å². The van der Waals surface area contributed by atoms with Gasteiger partial charge in [-0.05, 0) is 19.6 Å². The van der Waals surface area contributed by atoms with Gasteiger partial charge in [-0.3, -0.25) is 0 Å². The fourth-order valence-electron chi connectivity index (χ4n) is 0.473. The minimum absolute atomic E-state index is 0.655. The molecule has 0 spiro atoms. The van der Waals surface area contributed by atoms with E-state index in [1.807, 2.05) is 18.5 Å². The first-order chi connectivity index (χ1) is 3.72. The molecular formula is C5H7N2S. The second-order valence-electron chi connectivity index (χ2n) is 1.74. The minimum atomic E-state index is 0.655. The SMILES string of the molecule is Cc1cnc([S])n1C. The van der Waals surface area contributed by atoms with Crippen molar-refractivity contribution >= 4 is 12.6 Å². The van der Waals surface area contributed by atoms with Crippen molar-refractivity contribution in [1.82, 2.24) is 9.55 Å². The highest BCUT2D eigenvalue weighted by Crippen LogP contribution is 2.03. The van der Waals surface area contributed by atoms with E-state index in [0.29, 0.717) is 5.16 Å². The van der Waals surface area contributed by atoms with Gasteiger partial charge in [0.2, 0.25) is 0 Å². The maximum atomic E-state index is 4.83. The summed E-state index contributed by atoms with van der Waals surface area (Å²) in [5.41, 5.74) is 1.11. The van der Waals surface area contributed by atoms with Gasteiger partial charge in [0, 0.05) is 18.9 Å². The number of nitrogens with zero attached hydrogens (tertiary/aromatic N) is 2. The predicted octanol–water partition coefficient (Wildman–Crippen LogP) is 1.28. The van der Waals surface area contributed by atoms with Crippen molar-refractivity contribution in [3.63, 3.8) is 0 Å². The van der Waals surface area contributed by atoms with Crippen LogP contribution in [-0.2, 0) is 7.05 Å². The average molecular weight is 127 g/mol. The van der Waals surface area contributed by atoms with Gasteiger partial charge in [-0.25, -0.2) is 4.98 Å². The van der Waals surface area contributed by atoms with E-state index in [0.717, 1.165) is 5.69 Å². The zero-order chi connectivity index (χ0) is 6.15. The molecule has 0 saturated carbocycles. The molecule has 0 saturated heterocycles. The summed E-state index contributed by atoms with van der Waals surface area (Å²) in [6.07, 6.45) is 1.77. The quantitative estimate of drug-likeness (QED) is 0.513. The van der Waals surface area contributed by atoms with Crippen LogP contribution in [0.15, 0.2) is 11.4 Å². The monoisotopic (exact) mass is 127 g/mol. The van der Waals surface area contributed by atoms with E-state index in [2.05, 4.69) is 4.98 Å². The first kappa shape index (κ1) is 5.56. The summed E-state index contributed by atoms with van der Waals surface area (Å²) in [6, 6.07) is 0. The second-order valence-corrected chi connectivity index (χ2v) is 2.11. The highest BCUT2D eigenvalue weighted by molar-refractivity contribution is 7.80. The lowest BCUT2D eigenvalue weighted by molar-refractivity contribution is 0.769. The number of aromatic nitrogens is 2. The number of hydrogen-bond donors (Lipinski definition) is 0. The number of aryl methyl sites for hydroxylation is 1. The summed E-state index contributed by atoms with van der Waals surface area (Å²) < 4.78 is 1.87. The molecule has 1 aromatic heterocycles. The van der Waals surface area contributed by atoms with Crippen LogP contribution in [0.2, 0.25) is 0 Å². The zero-order valence-electron chi connectivity index (χ0n) is 4.88. The highest BCUT2D eigenvalue weighted by Gasteiger charge is 1.95. The summed E-state index contributed by atoms with van der Waals surface area (Å²) in [7, 11) is 1.91. The summed E-state index contributed by atoms with van der Waals surface area (Å²) in [4.78, 5) is 3.89. The topological polar surface area (TPSA) is 17.8 Å². The van der Waals surface area contributed by atoms with Gasteiger partial charge in [0.05, 0.1) is 0 Å². The van der Waals surface area contributed by atoms with Crippen molar-refractivity contribution in [2.24, 2.45) is 7.05 Å². The predicted molar refractivity (Wildman–Crippen MR) is 33.8 cm³/mol. The lowest BCUT2D eigenvalue weighted by Gasteiger charge is -1.91. The van der Waals surface area contributed by atoms with E-state index >= 15 is 0 Å². The molecule has 1 radical (unpaired) electrons. The Kier molecular flexibility index (Phi) is 1.21. The Morgan fingerprint density at radius 2 is 2.38 bits per heavy atom. The molecule has 0 N–H and O–H groups in total. The molecule has 0 fully saturated rings. The second kappa shape index (κ2) is 1.74. The van der Waals surface area contributed by atoms with Gasteiger partial charge >= 0.3 is 0 Å². The fourth-order valence-corrected chi connectivity index (χ4v) is 0.669. The lowest BCUT2D eigenvalue weighted by atomic mass is 10.5. The van der Waals surface area contributed by atoms with Crippen LogP contribution in [0.3, 0.4) is 0 Å². The third kappa shape index (κ3) is 0.690. The van der Waals surface area contributed by atoms with Gasteiger partial charge in [0.25, 0.3) is 0 Å². The molecule has 0 unspecified atom stereocenters. The first-order valence-corrected chi connectivity index (χ1v) is 2.78. The smallest absolute Gasteiger partial charge is 0.199 e. The third-order valence-corrected chi connectivity index (χ3v) is 1.56. The van der Waals surface area contributed by atoms with E-state index in [9.17, 15) is 0 Å². The molecule has 0 aliphatic rings. The molecule has 0 aromatic carbocycles. The molecule has 0 aliphatic heterocycles. The summed E-state index contributed by atoms with van der Waals surface area (Å²) in [5, 5.41) is 0.655. The Balaban J connectivity index is 3.19. The van der Waals surface area contributed by atoms with Crippen molar-refractivity contribution in [3.05, 3.63) is 11.9 Å². The third-order valence-electron chi connectivity index (χ3n) is 1.18. The molecule has 1 aromatic rings. The Hall–Kier alpha value is -0.570. The van der Waals surface area contributed by atoms with Gasteiger partial charge in [0.15, 0.2) is 5.16 Å². The van der Waals surface area contributed by atoms with E-state index in [1.165, 1.54) is 0 Å². The number of hydrogen-bond acceptors (Lipinski definition) is 1. The van der Waals surface area contributed by atoms with Crippen LogP contribution < -0.4 is 0 Å². The zero-order valence-corrected chi connectivity index (χ0v) is 5.70. The van der Waals surface area contributed by atoms with Crippen LogP contribution >= 0.6 is 12.6 Å². The largest absolute Gasteiger partial charge is 0.323 e. The summed E-state index contributed by atoms with van der Waals surface area (Å²) in [5.74, 6) is 0. The number of imidazole rings is 1. The van der Waals surface area contributed by atoms with E-state index in [4.69, 9.17) is 12.6 Å². The molecule has 8 heavy (non-hydrogen) atoms. The van der Waals surface area contributed by atoms with E-state index < -0.39 is 0 Å². The maximum Gasteiger partial charge on any atom is 0.199 e. The molecule has 0 bridgehead atoms. The van der Waals surface area contributed by atoms with Crippen LogP contribution in [-0.4, -0.2) is 9.55 Å². The Morgan fingerprint density at radius 1 is 1.75 bits per heavy atom. The molecule has 0 amide bonds. The molecule has 3 heteroatoms. The van der Waals surface area contributed by atoms with Gasteiger partial charge < -0.3 is 4.57 Å². The standard InChI is InChI=1S/C5H7N2S/c1-4-3-6-5(8)7(4)2/h3H,1-2H3. The van der Waals surface area contributed by atoms with Crippen LogP contribution in [0.25, 0.3) is 0 Å². The summed E-state index contributed by atoms with van der Waals surface area (Å²) >= 11 is 4.83. The van der Waals surface area contributed by atoms with E-state index in [-0.39, 0.29) is 0 Å². The van der Waals surface area contributed by atoms with Crippen LogP contribution in [0, 0.1) is 6.92 Å². The van der Waals surface area contributed by atoms with Crippen molar-refractivity contribution in [3.8, 4) is 0 Å². The van der Waals surface area contributed by atoms with Gasteiger partial charge in [0.1, 0.15) is 0 Å². The molecule has 2 nitrogen and oxygen atoms in total. The molecule has 1 rings (SSSR count). The highest BCUT2D eigenvalue weighted by atomic mass is 32.1. The van der Waals surface area contributed by atoms with Gasteiger partial charge in [-0.2, -0.15) is 0 Å². The van der Waals surface area contributed by atoms with Crippen LogP contribution in [0.1, 0.15) is 5.69 Å². The van der Waals surface area contributed by atoms with E-state index in [1.54, 1.807) is 6.20 Å². The van der Waals surface area contributed by atoms with Crippen molar-refractivity contribution in [2.75, 3.05) is 0 Å². The van der Waals surface area contributed by atoms with Gasteiger partial charge in [-0.15, -0.1) is 0 Å². The number of rotatable bonds is 0. The van der Waals surface area contributed by atoms with Crippen molar-refractivity contribution < 1.29 is 0 Å². The molecule has 43 valence electrons. The molecule has 0 atom stereocenters. The van der Waals surface area contributed by atoms with Gasteiger partial charge in [-0.1, -0.05) is 0 Å². The normalized spacial score (nSPS) is 9.75. The van der Waals surface area contributed by atoms with Crippen molar-refractivity contribution in [2.45, 2.75) is 12.1 Å². The average Bonchev–Trinajstić information content (AvgIpc) is 1.98. The Bertz CT molecular complexity index is 173. The maximum absolute atomic E-state index is 4.83. The first-order valence-electron chi connectivity index (χ1n) is 2.37. The molecular weight excluding hydrogens is 120 g/mol. The summed E-state index contributed by atoms with van der Waals surface area (Å²) in [6.45, 7) is 1.98. The molecule has 1 heterocycles.